The Morgan fingerprint density at radius 2 is 1.77 bits per heavy atom. The minimum Gasteiger partial charge on any atom is -0.471 e. The number of benzene rings is 1. The van der Waals surface area contributed by atoms with Crippen LogP contribution >= 0.6 is 22.9 Å². The van der Waals surface area contributed by atoms with Gasteiger partial charge in [-0.05, 0) is 61.6 Å². The summed E-state index contributed by atoms with van der Waals surface area (Å²) in [7, 11) is 1.41. The van der Waals surface area contributed by atoms with Gasteiger partial charge >= 0.3 is 6.18 Å². The van der Waals surface area contributed by atoms with Crippen molar-refractivity contribution in [1.82, 2.24) is 25.2 Å². The second-order valence-corrected chi connectivity index (χ2v) is 12.8. The van der Waals surface area contributed by atoms with E-state index in [-0.39, 0.29) is 54.9 Å². The van der Waals surface area contributed by atoms with Gasteiger partial charge in [0.2, 0.25) is 18.3 Å². The highest BCUT2D eigenvalue weighted by atomic mass is 35.5. The van der Waals surface area contributed by atoms with E-state index in [9.17, 15) is 40.3 Å². The number of fused-ring (bicyclic) bond motifs is 1. The smallest absolute Gasteiger partial charge is 0.418 e. The van der Waals surface area contributed by atoms with Gasteiger partial charge in [-0.15, -0.1) is 11.3 Å². The van der Waals surface area contributed by atoms with E-state index in [2.05, 4.69) is 25.9 Å². The lowest BCUT2D eigenvalue weighted by Crippen LogP contribution is -2.38. The quantitative estimate of drug-likeness (QED) is 0.138. The van der Waals surface area contributed by atoms with Crippen LogP contribution in [0.2, 0.25) is 4.34 Å². The summed E-state index contributed by atoms with van der Waals surface area (Å²) in [5, 5.41) is 7.97. The predicted octanol–water partition coefficient (Wildman–Crippen LogP) is 7.57. The Hall–Kier alpha value is -4.12. The van der Waals surface area contributed by atoms with Gasteiger partial charge < -0.3 is 20.7 Å². The van der Waals surface area contributed by atoms with Gasteiger partial charge in [-0.3, -0.25) is 14.2 Å². The minimum atomic E-state index is -4.78. The molecule has 258 valence electrons. The number of halogens is 8. The fourth-order valence-corrected chi connectivity index (χ4v) is 6.24. The number of nitrogens with zero attached hydrogens (tertiary/aromatic N) is 3. The van der Waals surface area contributed by atoms with Crippen molar-refractivity contribution in [1.29, 1.82) is 0 Å². The van der Waals surface area contributed by atoms with Crippen LogP contribution in [0.25, 0.3) is 11.2 Å². The summed E-state index contributed by atoms with van der Waals surface area (Å²) in [5.41, 5.74) is -1.35. The first-order valence-electron chi connectivity index (χ1n) is 14.6. The number of pyridine rings is 1. The number of alkyl halides is 7. The molecular formula is C30H28ClF7N6O3S. The SMILES string of the molecule is Cn1c(Nc2cc(CNC(=O)c3ccc(Cl)s3)ccc2C(F)(F)F)nc2cc(C(=O)NC3CCC(C(F)F)CC3)c(OCC(F)F)nc21. The number of ether oxygens (including phenoxy) is 1. The Bertz CT molecular complexity index is 1790. The number of amides is 2. The monoisotopic (exact) mass is 720 g/mol. The first-order chi connectivity index (χ1) is 22.7. The summed E-state index contributed by atoms with van der Waals surface area (Å²) in [6.07, 6.45) is -9.20. The molecule has 0 spiro atoms. The number of nitrogens with one attached hydrogen (secondary N) is 3. The third-order valence-corrected chi connectivity index (χ3v) is 8.98. The van der Waals surface area contributed by atoms with Gasteiger partial charge in [0, 0.05) is 25.6 Å². The fourth-order valence-electron chi connectivity index (χ4n) is 5.28. The highest BCUT2D eigenvalue weighted by Crippen LogP contribution is 2.37. The average molecular weight is 721 g/mol. The van der Waals surface area contributed by atoms with Crippen LogP contribution in [0.1, 0.15) is 56.8 Å². The van der Waals surface area contributed by atoms with Crippen molar-refractivity contribution in [2.75, 3.05) is 11.9 Å². The van der Waals surface area contributed by atoms with E-state index in [1.165, 1.54) is 35.9 Å². The summed E-state index contributed by atoms with van der Waals surface area (Å²) < 4.78 is 101. The van der Waals surface area contributed by atoms with Gasteiger partial charge in [0.15, 0.2) is 12.3 Å². The standard InChI is InChI=1S/C30H28ClF7N6O3S/c1-44-25-20(11-17(28(43-25)47-13-23(32)33)26(45)40-16-5-3-15(4-6-16)24(34)35)42-29(44)41-19-10-14(2-7-18(19)30(36,37)38)12-39-27(46)21-8-9-22(31)48-21/h2,7-11,15-16,23-24H,3-6,12-13H2,1H3,(H,39,46)(H,40,45)(H,41,42). The van der Waals surface area contributed by atoms with Crippen molar-refractivity contribution in [2.24, 2.45) is 13.0 Å². The lowest BCUT2D eigenvalue weighted by Gasteiger charge is -2.28. The lowest BCUT2D eigenvalue weighted by atomic mass is 9.86. The second-order valence-electron chi connectivity index (χ2n) is 11.1. The van der Waals surface area contributed by atoms with Crippen LogP contribution in [0.15, 0.2) is 36.4 Å². The van der Waals surface area contributed by atoms with E-state index in [4.69, 9.17) is 16.3 Å². The Balaban J connectivity index is 1.42. The molecule has 4 aromatic rings. The van der Waals surface area contributed by atoms with Crippen molar-refractivity contribution in [2.45, 2.75) is 57.3 Å². The van der Waals surface area contributed by atoms with Crippen molar-refractivity contribution >= 4 is 57.6 Å². The van der Waals surface area contributed by atoms with Crippen LogP contribution in [-0.2, 0) is 19.8 Å². The molecule has 1 aliphatic carbocycles. The average Bonchev–Trinajstić information content (AvgIpc) is 3.60. The van der Waals surface area contributed by atoms with Crippen LogP contribution in [0.5, 0.6) is 5.88 Å². The third-order valence-electron chi connectivity index (χ3n) is 7.75. The maximum Gasteiger partial charge on any atom is 0.418 e. The van der Waals surface area contributed by atoms with Crippen molar-refractivity contribution < 1.29 is 45.1 Å². The molecule has 0 atom stereocenters. The highest BCUT2D eigenvalue weighted by molar-refractivity contribution is 7.18. The zero-order valence-electron chi connectivity index (χ0n) is 25.0. The van der Waals surface area contributed by atoms with Crippen LogP contribution in [0.4, 0.5) is 42.4 Å². The number of hydrogen-bond donors (Lipinski definition) is 3. The Kier molecular flexibility index (Phi) is 10.7. The van der Waals surface area contributed by atoms with Crippen LogP contribution < -0.4 is 20.7 Å². The maximum atomic E-state index is 14.0. The normalized spacial score (nSPS) is 16.8. The molecule has 0 radical (unpaired) electrons. The van der Waals surface area contributed by atoms with Crippen LogP contribution in [0.3, 0.4) is 0 Å². The van der Waals surface area contributed by atoms with Gasteiger partial charge in [-0.2, -0.15) is 18.2 Å². The Morgan fingerprint density at radius 3 is 2.40 bits per heavy atom. The molecule has 0 aliphatic heterocycles. The second kappa shape index (κ2) is 14.6. The predicted molar refractivity (Wildman–Crippen MR) is 164 cm³/mol. The highest BCUT2D eigenvalue weighted by Gasteiger charge is 2.34. The van der Waals surface area contributed by atoms with Gasteiger partial charge in [0.1, 0.15) is 11.1 Å². The third kappa shape index (κ3) is 8.29. The Morgan fingerprint density at radius 1 is 1.04 bits per heavy atom. The maximum absolute atomic E-state index is 14.0. The molecule has 18 heteroatoms. The molecule has 5 rings (SSSR count). The number of carbonyl (C=O) groups excluding carboxylic acids is 2. The van der Waals surface area contributed by atoms with Crippen molar-refractivity contribution in [3.05, 3.63) is 62.3 Å². The first kappa shape index (κ1) is 35.2. The van der Waals surface area contributed by atoms with E-state index in [0.717, 1.165) is 17.4 Å². The molecule has 9 nitrogen and oxygen atoms in total. The molecule has 0 saturated heterocycles. The molecule has 1 aromatic carbocycles. The molecular weight excluding hydrogens is 693 g/mol. The van der Waals surface area contributed by atoms with Crippen molar-refractivity contribution in [3.63, 3.8) is 0 Å². The number of anilines is 2. The Labute approximate surface area is 277 Å². The summed E-state index contributed by atoms with van der Waals surface area (Å²) in [6.45, 7) is -1.21. The zero-order valence-corrected chi connectivity index (χ0v) is 26.6. The summed E-state index contributed by atoms with van der Waals surface area (Å²) in [5.74, 6) is -2.60. The molecule has 0 bridgehead atoms. The molecule has 3 heterocycles. The van der Waals surface area contributed by atoms with E-state index >= 15 is 0 Å². The summed E-state index contributed by atoms with van der Waals surface area (Å²) in [6, 6.07) is 7.07. The molecule has 1 fully saturated rings. The zero-order chi connectivity index (χ0) is 34.7. The van der Waals surface area contributed by atoms with E-state index in [1.807, 2.05) is 0 Å². The molecule has 3 N–H and O–H groups in total. The number of carbonyl (C=O) groups is 2. The summed E-state index contributed by atoms with van der Waals surface area (Å²) in [4.78, 5) is 34.5. The van der Waals surface area contributed by atoms with E-state index < -0.39 is 66.5 Å². The number of thiophene rings is 1. The molecule has 1 saturated carbocycles. The first-order valence-corrected chi connectivity index (χ1v) is 15.8. The van der Waals surface area contributed by atoms with Crippen LogP contribution in [-0.4, -0.2) is 51.8 Å². The fraction of sp³-hybridized carbons (Fsp3) is 0.400. The number of imidazole rings is 1. The number of hydrogen-bond acceptors (Lipinski definition) is 7. The molecule has 2 amide bonds. The van der Waals surface area contributed by atoms with Gasteiger partial charge in [-0.25, -0.2) is 22.5 Å². The number of aryl methyl sites for hydroxylation is 1. The minimum absolute atomic E-state index is 0.00217. The number of rotatable bonds is 11. The molecule has 1 aliphatic rings. The van der Waals surface area contributed by atoms with E-state index in [1.54, 1.807) is 6.07 Å². The largest absolute Gasteiger partial charge is 0.471 e. The van der Waals surface area contributed by atoms with Crippen LogP contribution in [0, 0.1) is 5.92 Å². The van der Waals surface area contributed by atoms with Gasteiger partial charge in [0.05, 0.1) is 20.5 Å². The van der Waals surface area contributed by atoms with Gasteiger partial charge in [-0.1, -0.05) is 17.7 Å². The van der Waals surface area contributed by atoms with Crippen molar-refractivity contribution in [3.8, 4) is 5.88 Å². The molecule has 48 heavy (non-hydrogen) atoms. The lowest BCUT2D eigenvalue weighted by molar-refractivity contribution is -0.136. The summed E-state index contributed by atoms with van der Waals surface area (Å²) >= 11 is 6.91. The topological polar surface area (TPSA) is 110 Å². The van der Waals surface area contributed by atoms with E-state index in [0.29, 0.717) is 14.8 Å². The number of aromatic nitrogens is 3. The molecule has 3 aromatic heterocycles. The van der Waals surface area contributed by atoms with Gasteiger partial charge in [0.25, 0.3) is 18.2 Å². The molecule has 0 unspecified atom stereocenters.